The van der Waals surface area contributed by atoms with E-state index >= 15 is 0 Å². The third kappa shape index (κ3) is 1.72. The summed E-state index contributed by atoms with van der Waals surface area (Å²) in [7, 11) is 4.28. The van der Waals surface area contributed by atoms with Crippen LogP contribution in [-0.4, -0.2) is 43.0 Å². The summed E-state index contributed by atoms with van der Waals surface area (Å²) in [6.07, 6.45) is 2.39. The fourth-order valence-corrected chi connectivity index (χ4v) is 1.62. The van der Waals surface area contributed by atoms with E-state index in [9.17, 15) is 5.11 Å². The highest BCUT2D eigenvalue weighted by atomic mass is 16.3. The van der Waals surface area contributed by atoms with Gasteiger partial charge in [-0.05, 0) is 6.42 Å². The highest BCUT2D eigenvalue weighted by Gasteiger charge is 2.36. The summed E-state index contributed by atoms with van der Waals surface area (Å²) >= 11 is 0. The highest BCUT2D eigenvalue weighted by Crippen LogP contribution is 2.15. The van der Waals surface area contributed by atoms with E-state index in [0.717, 1.165) is 13.0 Å². The topological polar surface area (TPSA) is 27.9 Å². The summed E-state index contributed by atoms with van der Waals surface area (Å²) in [6.45, 7) is 3.08. The molecule has 0 saturated carbocycles. The van der Waals surface area contributed by atoms with Gasteiger partial charge in [-0.1, -0.05) is 6.92 Å². The van der Waals surface area contributed by atoms with Crippen molar-refractivity contribution in [3.05, 3.63) is 0 Å². The van der Waals surface area contributed by atoms with Gasteiger partial charge in [0.2, 0.25) is 0 Å². The Morgan fingerprint density at radius 3 is 2.55 bits per heavy atom. The second-order valence-corrected chi connectivity index (χ2v) is 3.51. The third-order valence-corrected chi connectivity index (χ3v) is 2.48. The molecule has 0 bridgehead atoms. The molecule has 2 N–H and O–H groups in total. The monoisotopic (exact) mass is 159 g/mol. The maximum Gasteiger partial charge on any atom is 0.146 e. The minimum Gasteiger partial charge on any atom is -0.378 e. The molecule has 1 rings (SSSR count). The Balaban J connectivity index is 2.36. The number of hydrogen-bond acceptors (Lipinski definition) is 2. The number of hydrogen-bond donors (Lipinski definition) is 2. The average molecular weight is 159 g/mol. The molecule has 0 aliphatic carbocycles. The Bertz CT molecular complexity index is 127. The maximum absolute atomic E-state index is 9.51. The Labute approximate surface area is 68.6 Å². The van der Waals surface area contributed by atoms with Gasteiger partial charge in [-0.15, -0.1) is 0 Å². The normalized spacial score (nSPS) is 28.6. The van der Waals surface area contributed by atoms with E-state index in [1.807, 2.05) is 6.92 Å². The van der Waals surface area contributed by atoms with E-state index in [-0.39, 0.29) is 6.23 Å². The van der Waals surface area contributed by atoms with Gasteiger partial charge in [0, 0.05) is 13.0 Å². The molecule has 1 aliphatic rings. The first-order valence-corrected chi connectivity index (χ1v) is 4.40. The molecule has 66 valence electrons. The molecule has 1 aliphatic heterocycles. The zero-order chi connectivity index (χ0) is 8.43. The largest absolute Gasteiger partial charge is 0.378 e. The molecule has 0 aromatic carbocycles. The number of likely N-dealkylation sites (tertiary alicyclic amines) is 1. The number of nitrogens with one attached hydrogen (secondary N) is 1. The molecule has 1 fully saturated rings. The molecule has 2 unspecified atom stereocenters. The number of nitrogens with zero attached hydrogens (tertiary/aromatic N) is 1. The lowest BCUT2D eigenvalue weighted by Crippen LogP contribution is -3.14. The van der Waals surface area contributed by atoms with Gasteiger partial charge in [-0.25, -0.2) is 4.90 Å². The minimum atomic E-state index is -0.219. The van der Waals surface area contributed by atoms with Crippen LogP contribution in [-0.2, 0) is 0 Å². The van der Waals surface area contributed by atoms with Crippen LogP contribution in [0.5, 0.6) is 0 Å². The van der Waals surface area contributed by atoms with Crippen molar-refractivity contribution in [3.8, 4) is 0 Å². The van der Waals surface area contributed by atoms with Crippen molar-refractivity contribution in [2.75, 3.05) is 20.6 Å². The van der Waals surface area contributed by atoms with Gasteiger partial charge in [0.05, 0.1) is 14.1 Å². The number of aliphatic hydroxyl groups excluding tert-OH is 1. The standard InChI is InChI=1S/C8H18N2O/c1-4-8(11)10-6-5-7(10)9(2)3/h7-8,11H,4-6H2,1-3H3/p+1. The molecule has 0 amide bonds. The Morgan fingerprint density at radius 1 is 1.64 bits per heavy atom. The molecule has 0 spiro atoms. The lowest BCUT2D eigenvalue weighted by Gasteiger charge is -2.43. The number of rotatable bonds is 3. The van der Waals surface area contributed by atoms with E-state index < -0.39 is 0 Å². The van der Waals surface area contributed by atoms with Crippen LogP contribution in [0, 0.1) is 0 Å². The molecule has 1 heterocycles. The molecule has 1 saturated heterocycles. The summed E-state index contributed by atoms with van der Waals surface area (Å²) < 4.78 is 0. The Kier molecular flexibility index (Phi) is 2.87. The smallest absolute Gasteiger partial charge is 0.146 e. The lowest BCUT2D eigenvalue weighted by molar-refractivity contribution is -0.908. The zero-order valence-corrected chi connectivity index (χ0v) is 7.67. The first kappa shape index (κ1) is 8.97. The van der Waals surface area contributed by atoms with E-state index in [1.54, 1.807) is 0 Å². The predicted octanol–water partition coefficient (Wildman–Crippen LogP) is -1.11. The van der Waals surface area contributed by atoms with Crippen LogP contribution in [0.4, 0.5) is 0 Å². The fraction of sp³-hybridized carbons (Fsp3) is 1.00. The van der Waals surface area contributed by atoms with E-state index in [1.165, 1.54) is 11.3 Å². The van der Waals surface area contributed by atoms with Crippen molar-refractivity contribution in [2.24, 2.45) is 0 Å². The SMILES string of the molecule is CCC(O)N1CCC1[NH+](C)C. The predicted molar refractivity (Wildman–Crippen MR) is 44.2 cm³/mol. The van der Waals surface area contributed by atoms with Gasteiger partial charge in [0.25, 0.3) is 0 Å². The summed E-state index contributed by atoms with van der Waals surface area (Å²) in [5.74, 6) is 0. The summed E-state index contributed by atoms with van der Waals surface area (Å²) in [4.78, 5) is 3.58. The fourth-order valence-electron chi connectivity index (χ4n) is 1.62. The first-order chi connectivity index (χ1) is 5.16. The number of quaternary nitrogens is 1. The second-order valence-electron chi connectivity index (χ2n) is 3.51. The maximum atomic E-state index is 9.51. The van der Waals surface area contributed by atoms with Crippen LogP contribution in [0.2, 0.25) is 0 Å². The van der Waals surface area contributed by atoms with Crippen LogP contribution < -0.4 is 4.90 Å². The van der Waals surface area contributed by atoms with Crippen molar-refractivity contribution in [2.45, 2.75) is 32.2 Å². The molecule has 0 aromatic rings. The summed E-state index contributed by atoms with van der Waals surface area (Å²) in [6, 6.07) is 0. The van der Waals surface area contributed by atoms with Crippen LogP contribution >= 0.6 is 0 Å². The van der Waals surface area contributed by atoms with E-state index in [0.29, 0.717) is 6.17 Å². The highest BCUT2D eigenvalue weighted by molar-refractivity contribution is 4.75. The molecule has 3 heteroatoms. The second kappa shape index (κ2) is 3.52. The molecule has 11 heavy (non-hydrogen) atoms. The van der Waals surface area contributed by atoms with Crippen LogP contribution in [0.15, 0.2) is 0 Å². The van der Waals surface area contributed by atoms with Crippen LogP contribution in [0.1, 0.15) is 19.8 Å². The Hall–Kier alpha value is -0.120. The lowest BCUT2D eigenvalue weighted by atomic mass is 10.1. The summed E-state index contributed by atoms with van der Waals surface area (Å²) in [5.41, 5.74) is 0. The molecule has 0 aromatic heterocycles. The van der Waals surface area contributed by atoms with Gasteiger partial charge in [-0.2, -0.15) is 0 Å². The van der Waals surface area contributed by atoms with Crippen LogP contribution in [0.3, 0.4) is 0 Å². The molecular formula is C8H19N2O+. The molecule has 2 atom stereocenters. The van der Waals surface area contributed by atoms with E-state index in [2.05, 4.69) is 19.0 Å². The van der Waals surface area contributed by atoms with Crippen molar-refractivity contribution in [1.29, 1.82) is 0 Å². The minimum absolute atomic E-state index is 0.219. The van der Waals surface area contributed by atoms with Crippen molar-refractivity contribution < 1.29 is 10.0 Å². The molecule has 3 nitrogen and oxygen atoms in total. The first-order valence-electron chi connectivity index (χ1n) is 4.40. The average Bonchev–Trinajstić information content (AvgIpc) is 1.83. The Morgan fingerprint density at radius 2 is 2.27 bits per heavy atom. The summed E-state index contributed by atoms with van der Waals surface area (Å²) in [5, 5.41) is 9.51. The van der Waals surface area contributed by atoms with E-state index in [4.69, 9.17) is 0 Å². The van der Waals surface area contributed by atoms with Gasteiger partial charge in [-0.3, -0.25) is 0 Å². The third-order valence-electron chi connectivity index (χ3n) is 2.48. The van der Waals surface area contributed by atoms with Gasteiger partial charge in [0.15, 0.2) is 0 Å². The number of aliphatic hydroxyl groups is 1. The van der Waals surface area contributed by atoms with Gasteiger partial charge >= 0.3 is 0 Å². The molecular weight excluding hydrogens is 140 g/mol. The van der Waals surface area contributed by atoms with Crippen molar-refractivity contribution >= 4 is 0 Å². The van der Waals surface area contributed by atoms with Gasteiger partial charge in [0.1, 0.15) is 12.4 Å². The van der Waals surface area contributed by atoms with Crippen LogP contribution in [0.25, 0.3) is 0 Å². The van der Waals surface area contributed by atoms with Crippen molar-refractivity contribution in [3.63, 3.8) is 0 Å². The quantitative estimate of drug-likeness (QED) is 0.546. The van der Waals surface area contributed by atoms with Gasteiger partial charge < -0.3 is 10.0 Å². The van der Waals surface area contributed by atoms with Crippen molar-refractivity contribution in [1.82, 2.24) is 4.90 Å². The zero-order valence-electron chi connectivity index (χ0n) is 7.67. The molecule has 0 radical (unpaired) electrons.